The molecule has 1 aliphatic heterocycles. The van der Waals surface area contributed by atoms with E-state index in [4.69, 9.17) is 0 Å². The first-order valence-electron chi connectivity index (χ1n) is 5.98. The number of amides is 1. The zero-order valence-electron chi connectivity index (χ0n) is 10.6. The van der Waals surface area contributed by atoms with E-state index in [1.165, 1.54) is 18.9 Å². The highest BCUT2D eigenvalue weighted by atomic mass is 32.2. The molecule has 1 saturated heterocycles. The van der Waals surface area contributed by atoms with Gasteiger partial charge in [-0.15, -0.1) is 11.8 Å². The van der Waals surface area contributed by atoms with E-state index in [9.17, 15) is 9.59 Å². The van der Waals surface area contributed by atoms with Gasteiger partial charge < -0.3 is 10.1 Å². The van der Waals surface area contributed by atoms with Crippen molar-refractivity contribution >= 4 is 23.6 Å². The molecule has 0 radical (unpaired) electrons. The predicted octanol–water partition coefficient (Wildman–Crippen LogP) is 1.03. The minimum atomic E-state index is -0.303. The molecule has 0 spiro atoms. The Morgan fingerprint density at radius 2 is 2.16 bits per heavy atom. The van der Waals surface area contributed by atoms with Crippen molar-refractivity contribution in [3.8, 4) is 0 Å². The molecule has 2 rings (SSSR count). The molecule has 1 aromatic carbocycles. The Hall–Kier alpha value is -1.53. The minimum Gasteiger partial charge on any atom is -0.468 e. The SMILES string of the molecule is COC(=O)CSC1NC(=O)CC(c2ccccc2)N1. The van der Waals surface area contributed by atoms with Gasteiger partial charge in [0.05, 0.1) is 12.9 Å². The number of ether oxygens (including phenoxy) is 1. The molecule has 102 valence electrons. The van der Waals surface area contributed by atoms with Crippen LogP contribution in [0.4, 0.5) is 0 Å². The summed E-state index contributed by atoms with van der Waals surface area (Å²) in [4.78, 5) is 22.8. The van der Waals surface area contributed by atoms with Gasteiger partial charge >= 0.3 is 5.97 Å². The molecule has 2 N–H and O–H groups in total. The van der Waals surface area contributed by atoms with Crippen molar-refractivity contribution in [3.63, 3.8) is 0 Å². The topological polar surface area (TPSA) is 67.4 Å². The van der Waals surface area contributed by atoms with Crippen LogP contribution in [0.25, 0.3) is 0 Å². The Morgan fingerprint density at radius 1 is 1.42 bits per heavy atom. The Kier molecular flexibility index (Phi) is 4.81. The molecule has 1 fully saturated rings. The van der Waals surface area contributed by atoms with Crippen LogP contribution in [0.3, 0.4) is 0 Å². The van der Waals surface area contributed by atoms with E-state index in [1.54, 1.807) is 0 Å². The number of nitrogens with one attached hydrogen (secondary N) is 2. The van der Waals surface area contributed by atoms with Crippen molar-refractivity contribution in [1.82, 2.24) is 10.6 Å². The maximum atomic E-state index is 11.7. The normalized spacial score (nSPS) is 22.7. The number of methoxy groups -OCH3 is 1. The molecule has 2 atom stereocenters. The van der Waals surface area contributed by atoms with E-state index in [1.807, 2.05) is 30.3 Å². The first kappa shape index (κ1) is 13.9. The van der Waals surface area contributed by atoms with Crippen LogP contribution in [0, 0.1) is 0 Å². The molecule has 5 nitrogen and oxygen atoms in total. The third kappa shape index (κ3) is 3.97. The standard InChI is InChI=1S/C13H16N2O3S/c1-18-12(17)8-19-13-14-10(7-11(16)15-13)9-5-3-2-4-6-9/h2-6,10,13-14H,7-8H2,1H3,(H,15,16). The van der Waals surface area contributed by atoms with Crippen LogP contribution < -0.4 is 10.6 Å². The van der Waals surface area contributed by atoms with Crippen LogP contribution in [0.5, 0.6) is 0 Å². The second kappa shape index (κ2) is 6.58. The molecule has 6 heteroatoms. The van der Waals surface area contributed by atoms with Gasteiger partial charge in [0.2, 0.25) is 5.91 Å². The lowest BCUT2D eigenvalue weighted by Crippen LogP contribution is -2.51. The maximum Gasteiger partial charge on any atom is 0.315 e. The average Bonchev–Trinajstić information content (AvgIpc) is 2.45. The lowest BCUT2D eigenvalue weighted by atomic mass is 10.0. The zero-order chi connectivity index (χ0) is 13.7. The van der Waals surface area contributed by atoms with E-state index in [0.29, 0.717) is 6.42 Å². The molecular formula is C13H16N2O3S. The summed E-state index contributed by atoms with van der Waals surface area (Å²) in [5.74, 6) is -0.117. The highest BCUT2D eigenvalue weighted by molar-refractivity contribution is 8.00. The fraction of sp³-hybridized carbons (Fsp3) is 0.385. The molecule has 1 aromatic rings. The van der Waals surface area contributed by atoms with Gasteiger partial charge in [0, 0.05) is 12.5 Å². The van der Waals surface area contributed by atoms with Crippen LogP contribution >= 0.6 is 11.8 Å². The number of hydrogen-bond donors (Lipinski definition) is 2. The summed E-state index contributed by atoms with van der Waals surface area (Å²) in [5, 5.41) is 6.10. The summed E-state index contributed by atoms with van der Waals surface area (Å²) in [6, 6.07) is 9.78. The third-order valence-electron chi connectivity index (χ3n) is 2.83. The lowest BCUT2D eigenvalue weighted by molar-refractivity contribution is -0.137. The summed E-state index contributed by atoms with van der Waals surface area (Å²) < 4.78 is 4.58. The summed E-state index contributed by atoms with van der Waals surface area (Å²) in [5.41, 5.74) is 0.798. The predicted molar refractivity (Wildman–Crippen MR) is 73.3 cm³/mol. The molecular weight excluding hydrogens is 264 g/mol. The molecule has 0 aromatic heterocycles. The molecule has 0 saturated carbocycles. The molecule has 0 aliphatic carbocycles. The highest BCUT2D eigenvalue weighted by Crippen LogP contribution is 2.23. The van der Waals surface area contributed by atoms with E-state index < -0.39 is 0 Å². The van der Waals surface area contributed by atoms with E-state index in [0.717, 1.165) is 5.56 Å². The number of benzene rings is 1. The number of hydrogen-bond acceptors (Lipinski definition) is 5. The van der Waals surface area contributed by atoms with Gasteiger partial charge in [-0.05, 0) is 5.56 Å². The van der Waals surface area contributed by atoms with Crippen LogP contribution in [0.1, 0.15) is 18.0 Å². The lowest BCUT2D eigenvalue weighted by Gasteiger charge is -2.31. The van der Waals surface area contributed by atoms with Crippen molar-refractivity contribution < 1.29 is 14.3 Å². The van der Waals surface area contributed by atoms with Crippen LogP contribution in [-0.2, 0) is 14.3 Å². The number of rotatable bonds is 4. The summed E-state index contributed by atoms with van der Waals surface area (Å²) in [6.07, 6.45) is 0.402. The van der Waals surface area contributed by atoms with Gasteiger partial charge in [0.1, 0.15) is 5.50 Å². The van der Waals surface area contributed by atoms with Crippen molar-refractivity contribution in [2.24, 2.45) is 0 Å². The number of esters is 1. The number of thioether (sulfide) groups is 1. The van der Waals surface area contributed by atoms with Gasteiger partial charge in [-0.25, -0.2) is 0 Å². The van der Waals surface area contributed by atoms with E-state index >= 15 is 0 Å². The molecule has 1 heterocycles. The Labute approximate surface area is 116 Å². The van der Waals surface area contributed by atoms with Crippen LogP contribution in [0.15, 0.2) is 30.3 Å². The van der Waals surface area contributed by atoms with Gasteiger partial charge in [-0.3, -0.25) is 14.9 Å². The second-order valence-corrected chi connectivity index (χ2v) is 5.26. The molecule has 1 aliphatic rings. The average molecular weight is 280 g/mol. The molecule has 0 bridgehead atoms. The van der Waals surface area contributed by atoms with Crippen molar-refractivity contribution in [1.29, 1.82) is 0 Å². The summed E-state index contributed by atoms with van der Waals surface area (Å²) in [6.45, 7) is 0. The molecule has 2 unspecified atom stereocenters. The largest absolute Gasteiger partial charge is 0.468 e. The first-order valence-corrected chi connectivity index (χ1v) is 7.02. The van der Waals surface area contributed by atoms with E-state index in [-0.39, 0.29) is 29.2 Å². The first-order chi connectivity index (χ1) is 9.19. The second-order valence-electron chi connectivity index (χ2n) is 4.17. The summed E-state index contributed by atoms with van der Waals surface area (Å²) in [7, 11) is 1.35. The highest BCUT2D eigenvalue weighted by Gasteiger charge is 2.27. The smallest absolute Gasteiger partial charge is 0.315 e. The Bertz CT molecular complexity index is 452. The van der Waals surface area contributed by atoms with Gasteiger partial charge in [-0.1, -0.05) is 30.3 Å². The minimum absolute atomic E-state index is 0.0185. The van der Waals surface area contributed by atoms with Gasteiger partial charge in [0.15, 0.2) is 0 Å². The molecule has 1 amide bonds. The Morgan fingerprint density at radius 3 is 2.84 bits per heavy atom. The van der Waals surface area contributed by atoms with Crippen molar-refractivity contribution in [3.05, 3.63) is 35.9 Å². The van der Waals surface area contributed by atoms with Crippen molar-refractivity contribution in [2.45, 2.75) is 18.0 Å². The molecule has 19 heavy (non-hydrogen) atoms. The Balaban J connectivity index is 1.96. The van der Waals surface area contributed by atoms with Crippen LogP contribution in [-0.4, -0.2) is 30.2 Å². The third-order valence-corrected chi connectivity index (χ3v) is 3.82. The van der Waals surface area contributed by atoms with Crippen molar-refractivity contribution in [2.75, 3.05) is 12.9 Å². The van der Waals surface area contributed by atoms with Gasteiger partial charge in [-0.2, -0.15) is 0 Å². The quantitative estimate of drug-likeness (QED) is 0.806. The van der Waals surface area contributed by atoms with Gasteiger partial charge in [0.25, 0.3) is 0 Å². The number of carbonyl (C=O) groups is 2. The monoisotopic (exact) mass is 280 g/mol. The summed E-state index contributed by atoms with van der Waals surface area (Å²) >= 11 is 1.31. The fourth-order valence-corrected chi connectivity index (χ4v) is 2.77. The fourth-order valence-electron chi connectivity index (χ4n) is 1.87. The van der Waals surface area contributed by atoms with E-state index in [2.05, 4.69) is 15.4 Å². The maximum absolute atomic E-state index is 11.7. The van der Waals surface area contributed by atoms with Crippen LogP contribution in [0.2, 0.25) is 0 Å². The number of carbonyl (C=O) groups excluding carboxylic acids is 2. The zero-order valence-corrected chi connectivity index (χ0v) is 11.4.